The van der Waals surface area contributed by atoms with Gasteiger partial charge < -0.3 is 10.1 Å². The number of aromatic amines is 1. The minimum atomic E-state index is -2.98. The van der Waals surface area contributed by atoms with Crippen LogP contribution in [-0.2, 0) is 0 Å². The van der Waals surface area contributed by atoms with E-state index in [1.807, 2.05) is 0 Å². The molecule has 1 fully saturated rings. The van der Waals surface area contributed by atoms with Gasteiger partial charge in [-0.25, -0.2) is 9.50 Å². The van der Waals surface area contributed by atoms with Crippen molar-refractivity contribution in [3.05, 3.63) is 54.6 Å². The Kier molecular flexibility index (Phi) is 5.02. The molecule has 1 aromatic carbocycles. The largest absolute Gasteiger partial charge is 0.434 e. The molecular weight excluding hydrogens is 426 g/mol. The summed E-state index contributed by atoms with van der Waals surface area (Å²) in [4.78, 5) is 17.9. The number of imidazole rings is 1. The lowest BCUT2D eigenvalue weighted by atomic mass is 10.1. The van der Waals surface area contributed by atoms with E-state index in [9.17, 15) is 13.6 Å². The molecule has 1 saturated carbocycles. The van der Waals surface area contributed by atoms with Gasteiger partial charge in [0.05, 0.1) is 11.9 Å². The van der Waals surface area contributed by atoms with Gasteiger partial charge in [0.15, 0.2) is 11.3 Å². The van der Waals surface area contributed by atoms with Crippen molar-refractivity contribution in [3.63, 3.8) is 0 Å². The maximum atomic E-state index is 13.0. The molecule has 0 radical (unpaired) electrons. The van der Waals surface area contributed by atoms with Crippen molar-refractivity contribution in [1.29, 1.82) is 0 Å². The second kappa shape index (κ2) is 7.99. The SMILES string of the molecule is O=C(Nc1c[nH]nc1-c1cc(SC2CC2)ccc1OC(F)F)c1cnc2cccnn12. The molecule has 11 heteroatoms. The maximum absolute atomic E-state index is 13.0. The molecule has 3 heterocycles. The van der Waals surface area contributed by atoms with E-state index in [-0.39, 0.29) is 11.4 Å². The Morgan fingerprint density at radius 2 is 2.19 bits per heavy atom. The van der Waals surface area contributed by atoms with Crippen LogP contribution in [-0.4, -0.2) is 42.6 Å². The second-order valence-corrected chi connectivity index (χ2v) is 8.27. The summed E-state index contributed by atoms with van der Waals surface area (Å²) in [5.74, 6) is -0.483. The molecule has 158 valence electrons. The zero-order valence-electron chi connectivity index (χ0n) is 16.0. The lowest BCUT2D eigenvalue weighted by Crippen LogP contribution is -2.15. The quantitative estimate of drug-likeness (QED) is 0.445. The van der Waals surface area contributed by atoms with Crippen LogP contribution < -0.4 is 10.1 Å². The van der Waals surface area contributed by atoms with Crippen molar-refractivity contribution < 1.29 is 18.3 Å². The number of amides is 1. The Labute approximate surface area is 179 Å². The molecule has 5 rings (SSSR count). The van der Waals surface area contributed by atoms with E-state index < -0.39 is 12.5 Å². The minimum Gasteiger partial charge on any atom is -0.434 e. The normalized spacial score (nSPS) is 13.6. The highest BCUT2D eigenvalue weighted by Crippen LogP contribution is 2.43. The van der Waals surface area contributed by atoms with Crippen molar-refractivity contribution in [3.8, 4) is 17.0 Å². The second-order valence-electron chi connectivity index (χ2n) is 6.89. The van der Waals surface area contributed by atoms with Crippen molar-refractivity contribution in [1.82, 2.24) is 24.8 Å². The molecule has 8 nitrogen and oxygen atoms in total. The average Bonchev–Trinajstić information content (AvgIpc) is 3.27. The van der Waals surface area contributed by atoms with Crippen LogP contribution in [0.2, 0.25) is 0 Å². The molecule has 0 unspecified atom stereocenters. The number of hydrogen-bond acceptors (Lipinski definition) is 6. The number of aromatic nitrogens is 5. The fourth-order valence-electron chi connectivity index (χ4n) is 3.11. The third kappa shape index (κ3) is 4.08. The smallest absolute Gasteiger partial charge is 0.387 e. The summed E-state index contributed by atoms with van der Waals surface area (Å²) in [5, 5.41) is 14.3. The van der Waals surface area contributed by atoms with Gasteiger partial charge in [0, 0.05) is 28.1 Å². The summed E-state index contributed by atoms with van der Waals surface area (Å²) in [7, 11) is 0. The predicted molar refractivity (Wildman–Crippen MR) is 110 cm³/mol. The lowest BCUT2D eigenvalue weighted by Gasteiger charge is -2.12. The van der Waals surface area contributed by atoms with Gasteiger partial charge in [0.25, 0.3) is 5.91 Å². The summed E-state index contributed by atoms with van der Waals surface area (Å²) < 4.78 is 32.0. The molecule has 0 spiro atoms. The number of anilines is 1. The highest BCUT2D eigenvalue weighted by Gasteiger charge is 2.25. The van der Waals surface area contributed by atoms with Crippen molar-refractivity contribution >= 4 is 29.0 Å². The predicted octanol–water partition coefficient (Wildman–Crippen LogP) is 4.23. The van der Waals surface area contributed by atoms with Gasteiger partial charge in [-0.3, -0.25) is 9.89 Å². The molecule has 0 atom stereocenters. The number of hydrogen-bond donors (Lipinski definition) is 2. The van der Waals surface area contributed by atoms with Crippen LogP contribution in [0.1, 0.15) is 23.3 Å². The van der Waals surface area contributed by atoms with E-state index in [2.05, 4.69) is 25.6 Å². The number of fused-ring (bicyclic) bond motifs is 1. The van der Waals surface area contributed by atoms with Gasteiger partial charge in [-0.2, -0.15) is 19.0 Å². The van der Waals surface area contributed by atoms with E-state index in [4.69, 9.17) is 4.74 Å². The zero-order valence-corrected chi connectivity index (χ0v) is 16.8. The summed E-state index contributed by atoms with van der Waals surface area (Å²) in [6.45, 7) is -2.98. The molecule has 3 aromatic heterocycles. The van der Waals surface area contributed by atoms with Crippen LogP contribution in [0.3, 0.4) is 0 Å². The van der Waals surface area contributed by atoms with Crippen molar-refractivity contribution in [2.45, 2.75) is 29.6 Å². The van der Waals surface area contributed by atoms with E-state index in [1.54, 1.807) is 42.2 Å². The van der Waals surface area contributed by atoms with Crippen LogP contribution in [0.15, 0.2) is 53.8 Å². The zero-order chi connectivity index (χ0) is 21.4. The van der Waals surface area contributed by atoms with E-state index in [0.717, 1.165) is 17.7 Å². The van der Waals surface area contributed by atoms with Crippen LogP contribution in [0.25, 0.3) is 16.9 Å². The third-order valence-electron chi connectivity index (χ3n) is 4.65. The third-order valence-corrected chi connectivity index (χ3v) is 5.98. The number of rotatable bonds is 7. The average molecular weight is 442 g/mol. The molecule has 0 saturated heterocycles. The molecular formula is C20H16F2N6O2S. The first-order chi connectivity index (χ1) is 15.1. The van der Waals surface area contributed by atoms with Gasteiger partial charge in [-0.05, 0) is 43.2 Å². The Balaban J connectivity index is 1.48. The summed E-state index contributed by atoms with van der Waals surface area (Å²) in [6, 6.07) is 8.45. The fraction of sp³-hybridized carbons (Fsp3) is 0.200. The summed E-state index contributed by atoms with van der Waals surface area (Å²) in [6.07, 6.45) is 6.71. The number of carbonyl (C=O) groups is 1. The first kappa shape index (κ1) is 19.5. The molecule has 4 aromatic rings. The monoisotopic (exact) mass is 442 g/mol. The minimum absolute atomic E-state index is 0.0192. The van der Waals surface area contributed by atoms with Crippen molar-refractivity contribution in [2.24, 2.45) is 0 Å². The number of ether oxygens (including phenoxy) is 1. The number of carbonyl (C=O) groups excluding carboxylic acids is 1. The number of alkyl halides is 2. The van der Waals surface area contributed by atoms with Gasteiger partial charge in [0.2, 0.25) is 0 Å². The maximum Gasteiger partial charge on any atom is 0.387 e. The molecule has 1 aliphatic rings. The van der Waals surface area contributed by atoms with Gasteiger partial charge in [-0.15, -0.1) is 11.8 Å². The van der Waals surface area contributed by atoms with Crippen LogP contribution >= 0.6 is 11.8 Å². The molecule has 0 bridgehead atoms. The van der Waals surface area contributed by atoms with Gasteiger partial charge in [0.1, 0.15) is 11.4 Å². The first-order valence-corrected chi connectivity index (χ1v) is 10.4. The number of benzene rings is 1. The van der Waals surface area contributed by atoms with Crippen LogP contribution in [0, 0.1) is 0 Å². The van der Waals surface area contributed by atoms with Crippen molar-refractivity contribution in [2.75, 3.05) is 5.32 Å². The standard InChI is InChI=1S/C20H16F2N6O2S/c21-20(22)30-16-6-5-12(31-11-3-4-11)8-13(16)18-14(9-24-27-18)26-19(29)15-10-23-17-2-1-7-25-28(15)17/h1-2,5-11,20H,3-4H2,(H,24,27)(H,26,29). The topological polar surface area (TPSA) is 97.2 Å². The summed E-state index contributed by atoms with van der Waals surface area (Å²) >= 11 is 1.68. The van der Waals surface area contributed by atoms with Crippen LogP contribution in [0.5, 0.6) is 5.75 Å². The summed E-state index contributed by atoms with van der Waals surface area (Å²) in [5.41, 5.74) is 1.73. The Hall–Kier alpha value is -3.47. The van der Waals surface area contributed by atoms with Crippen LogP contribution in [0.4, 0.5) is 14.5 Å². The fourth-order valence-corrected chi connectivity index (χ4v) is 4.19. The Bertz CT molecular complexity index is 1250. The van der Waals surface area contributed by atoms with E-state index in [0.29, 0.717) is 27.8 Å². The Morgan fingerprint density at radius 3 is 3.00 bits per heavy atom. The highest BCUT2D eigenvalue weighted by atomic mass is 32.2. The number of nitrogens with zero attached hydrogens (tertiary/aromatic N) is 4. The first-order valence-electron chi connectivity index (χ1n) is 9.48. The van der Waals surface area contributed by atoms with Gasteiger partial charge >= 0.3 is 6.61 Å². The number of nitrogens with one attached hydrogen (secondary N) is 2. The van der Waals surface area contributed by atoms with E-state index in [1.165, 1.54) is 23.0 Å². The number of H-pyrrole nitrogens is 1. The molecule has 1 amide bonds. The van der Waals surface area contributed by atoms with Gasteiger partial charge in [-0.1, -0.05) is 0 Å². The molecule has 31 heavy (non-hydrogen) atoms. The highest BCUT2D eigenvalue weighted by molar-refractivity contribution is 8.00. The molecule has 2 N–H and O–H groups in total. The number of thioether (sulfide) groups is 1. The Morgan fingerprint density at radius 1 is 1.32 bits per heavy atom. The van der Waals surface area contributed by atoms with E-state index >= 15 is 0 Å². The molecule has 1 aliphatic carbocycles. The molecule has 0 aliphatic heterocycles. The lowest BCUT2D eigenvalue weighted by molar-refractivity contribution is -0.0494. The number of halogens is 2.